The van der Waals surface area contributed by atoms with E-state index in [1.165, 1.54) is 5.56 Å². The summed E-state index contributed by atoms with van der Waals surface area (Å²) in [5, 5.41) is 5.81. The number of fused-ring (bicyclic) bond motifs is 1. The van der Waals surface area contributed by atoms with Crippen molar-refractivity contribution in [3.63, 3.8) is 0 Å². The number of methoxy groups -OCH3 is 1. The maximum absolute atomic E-state index is 12.5. The Balaban J connectivity index is 1.50. The Morgan fingerprint density at radius 2 is 1.74 bits per heavy atom. The fourth-order valence-electron chi connectivity index (χ4n) is 3.59. The summed E-state index contributed by atoms with van der Waals surface area (Å²) in [7, 11) is 1.59. The van der Waals surface area contributed by atoms with Crippen molar-refractivity contribution >= 4 is 22.8 Å². The van der Waals surface area contributed by atoms with Gasteiger partial charge in [-0.15, -0.1) is 0 Å². The van der Waals surface area contributed by atoms with Crippen molar-refractivity contribution in [2.24, 2.45) is 0 Å². The number of hydrogen-bond acceptors (Lipinski definition) is 3. The number of rotatable bonds is 6. The van der Waals surface area contributed by atoms with E-state index < -0.39 is 0 Å². The van der Waals surface area contributed by atoms with Gasteiger partial charge >= 0.3 is 6.03 Å². The van der Waals surface area contributed by atoms with Crippen molar-refractivity contribution in [2.45, 2.75) is 20.4 Å². The van der Waals surface area contributed by atoms with Gasteiger partial charge in [-0.2, -0.15) is 0 Å². The fraction of sp³-hybridized carbons (Fsp3) is 0.200. The molecule has 6 nitrogen and oxygen atoms in total. The van der Waals surface area contributed by atoms with E-state index in [-0.39, 0.29) is 6.03 Å². The van der Waals surface area contributed by atoms with Crippen molar-refractivity contribution in [2.75, 3.05) is 19.0 Å². The van der Waals surface area contributed by atoms with E-state index in [2.05, 4.69) is 52.5 Å². The molecule has 2 amide bonds. The molecule has 6 heteroatoms. The molecule has 2 N–H and O–H groups in total. The highest BCUT2D eigenvalue weighted by molar-refractivity contribution is 5.91. The summed E-state index contributed by atoms with van der Waals surface area (Å²) in [4.78, 5) is 17.3. The number of amides is 2. The molecule has 3 aromatic carbocycles. The van der Waals surface area contributed by atoms with Crippen LogP contribution in [0.15, 0.2) is 66.7 Å². The van der Waals surface area contributed by atoms with Gasteiger partial charge in [0.05, 0.1) is 23.8 Å². The summed E-state index contributed by atoms with van der Waals surface area (Å²) < 4.78 is 7.48. The third-order valence-corrected chi connectivity index (χ3v) is 5.19. The predicted octanol–water partition coefficient (Wildman–Crippen LogP) is 5.15. The van der Waals surface area contributed by atoms with Crippen LogP contribution in [0.2, 0.25) is 0 Å². The van der Waals surface area contributed by atoms with Crippen LogP contribution in [0.1, 0.15) is 11.1 Å². The van der Waals surface area contributed by atoms with E-state index in [1.807, 2.05) is 43.3 Å². The van der Waals surface area contributed by atoms with Crippen LogP contribution in [0.4, 0.5) is 10.5 Å². The smallest absolute Gasteiger partial charge is 0.319 e. The van der Waals surface area contributed by atoms with Crippen LogP contribution >= 0.6 is 0 Å². The van der Waals surface area contributed by atoms with Gasteiger partial charge in [-0.25, -0.2) is 9.78 Å². The number of ether oxygens (including phenoxy) is 1. The van der Waals surface area contributed by atoms with Gasteiger partial charge in [0.15, 0.2) is 0 Å². The SMILES string of the molecule is COc1ccc(C)cc1NC(=O)NCCn1c(-c2ccc(C)cc2)nc2ccccc21. The van der Waals surface area contributed by atoms with Gasteiger partial charge in [-0.1, -0.05) is 48.0 Å². The Bertz CT molecular complexity index is 1210. The number of nitrogens with zero attached hydrogens (tertiary/aromatic N) is 2. The molecule has 0 bridgehead atoms. The molecule has 0 saturated carbocycles. The van der Waals surface area contributed by atoms with Crippen LogP contribution in [-0.4, -0.2) is 29.2 Å². The highest BCUT2D eigenvalue weighted by atomic mass is 16.5. The molecule has 0 spiro atoms. The molecule has 0 atom stereocenters. The largest absolute Gasteiger partial charge is 0.495 e. The fourth-order valence-corrected chi connectivity index (χ4v) is 3.59. The lowest BCUT2D eigenvalue weighted by Crippen LogP contribution is -2.31. The maximum atomic E-state index is 12.5. The Morgan fingerprint density at radius 1 is 1.00 bits per heavy atom. The van der Waals surface area contributed by atoms with Crippen molar-refractivity contribution < 1.29 is 9.53 Å². The van der Waals surface area contributed by atoms with E-state index in [1.54, 1.807) is 7.11 Å². The molecule has 0 unspecified atom stereocenters. The Labute approximate surface area is 181 Å². The van der Waals surface area contributed by atoms with Crippen molar-refractivity contribution in [1.29, 1.82) is 0 Å². The number of para-hydroxylation sites is 2. The Morgan fingerprint density at radius 3 is 2.52 bits per heavy atom. The van der Waals surface area contributed by atoms with Gasteiger partial charge in [-0.05, 0) is 43.7 Å². The monoisotopic (exact) mass is 414 g/mol. The Kier molecular flexibility index (Phi) is 5.89. The van der Waals surface area contributed by atoms with E-state index in [0.29, 0.717) is 24.5 Å². The first-order chi connectivity index (χ1) is 15.0. The normalized spacial score (nSPS) is 10.8. The van der Waals surface area contributed by atoms with Gasteiger partial charge in [0.25, 0.3) is 0 Å². The molecule has 1 aromatic heterocycles. The van der Waals surface area contributed by atoms with Gasteiger partial charge < -0.3 is 19.9 Å². The molecular weight excluding hydrogens is 388 g/mol. The second-order valence-electron chi connectivity index (χ2n) is 7.53. The van der Waals surface area contributed by atoms with Crippen LogP contribution < -0.4 is 15.4 Å². The zero-order valence-electron chi connectivity index (χ0n) is 18.0. The number of aromatic nitrogens is 2. The number of nitrogens with one attached hydrogen (secondary N) is 2. The topological polar surface area (TPSA) is 68.2 Å². The zero-order valence-corrected chi connectivity index (χ0v) is 18.0. The van der Waals surface area contributed by atoms with E-state index in [9.17, 15) is 4.79 Å². The minimum absolute atomic E-state index is 0.273. The minimum Gasteiger partial charge on any atom is -0.495 e. The van der Waals surface area contributed by atoms with Crippen LogP contribution in [0, 0.1) is 13.8 Å². The van der Waals surface area contributed by atoms with Gasteiger partial charge in [0.1, 0.15) is 11.6 Å². The number of imidazole rings is 1. The first-order valence-electron chi connectivity index (χ1n) is 10.3. The second kappa shape index (κ2) is 8.92. The minimum atomic E-state index is -0.273. The van der Waals surface area contributed by atoms with Crippen LogP contribution in [0.5, 0.6) is 5.75 Å². The number of carbonyl (C=O) groups is 1. The molecule has 0 radical (unpaired) electrons. The zero-order chi connectivity index (χ0) is 21.8. The number of aryl methyl sites for hydroxylation is 2. The lowest BCUT2D eigenvalue weighted by Gasteiger charge is -2.13. The molecule has 0 saturated heterocycles. The van der Waals surface area contributed by atoms with Crippen molar-refractivity contribution in [3.05, 3.63) is 77.9 Å². The molecular formula is C25H26N4O2. The van der Waals surface area contributed by atoms with Crippen LogP contribution in [0.3, 0.4) is 0 Å². The average Bonchev–Trinajstić information content (AvgIpc) is 3.13. The molecule has 31 heavy (non-hydrogen) atoms. The summed E-state index contributed by atoms with van der Waals surface area (Å²) in [6.07, 6.45) is 0. The summed E-state index contributed by atoms with van der Waals surface area (Å²) >= 11 is 0. The highest BCUT2D eigenvalue weighted by Gasteiger charge is 2.13. The first-order valence-corrected chi connectivity index (χ1v) is 10.3. The summed E-state index contributed by atoms with van der Waals surface area (Å²) in [6.45, 7) is 5.10. The van der Waals surface area contributed by atoms with Gasteiger partial charge in [-0.3, -0.25) is 0 Å². The molecule has 158 valence electrons. The van der Waals surface area contributed by atoms with Gasteiger partial charge in [0, 0.05) is 18.7 Å². The average molecular weight is 415 g/mol. The first kappa shape index (κ1) is 20.5. The number of benzene rings is 3. The molecule has 0 aliphatic heterocycles. The van der Waals surface area contributed by atoms with E-state index >= 15 is 0 Å². The third-order valence-electron chi connectivity index (χ3n) is 5.19. The molecule has 0 aliphatic rings. The van der Waals surface area contributed by atoms with Crippen LogP contribution in [-0.2, 0) is 6.54 Å². The third kappa shape index (κ3) is 4.53. The lowest BCUT2D eigenvalue weighted by atomic mass is 10.1. The number of hydrogen-bond donors (Lipinski definition) is 2. The van der Waals surface area contributed by atoms with E-state index in [0.717, 1.165) is 28.0 Å². The maximum Gasteiger partial charge on any atom is 0.319 e. The quantitative estimate of drug-likeness (QED) is 0.458. The molecule has 4 rings (SSSR count). The lowest BCUT2D eigenvalue weighted by molar-refractivity contribution is 0.251. The molecule has 0 aliphatic carbocycles. The van der Waals surface area contributed by atoms with Crippen molar-refractivity contribution in [1.82, 2.24) is 14.9 Å². The predicted molar refractivity (Wildman–Crippen MR) is 125 cm³/mol. The molecule has 1 heterocycles. The van der Waals surface area contributed by atoms with Crippen molar-refractivity contribution in [3.8, 4) is 17.1 Å². The number of carbonyl (C=O) groups excluding carboxylic acids is 1. The van der Waals surface area contributed by atoms with Crippen LogP contribution in [0.25, 0.3) is 22.4 Å². The molecule has 0 fully saturated rings. The summed E-state index contributed by atoms with van der Waals surface area (Å²) in [5.41, 5.74) is 5.93. The second-order valence-corrected chi connectivity index (χ2v) is 7.53. The number of anilines is 1. The highest BCUT2D eigenvalue weighted by Crippen LogP contribution is 2.26. The molecule has 4 aromatic rings. The standard InChI is InChI=1S/C25H26N4O2/c1-17-8-11-19(12-9-17)24-27-20-6-4-5-7-22(20)29(24)15-14-26-25(30)28-21-16-18(2)10-13-23(21)31-3/h4-13,16H,14-15H2,1-3H3,(H2,26,28,30). The van der Waals surface area contributed by atoms with E-state index in [4.69, 9.17) is 9.72 Å². The number of urea groups is 1. The summed E-state index contributed by atoms with van der Waals surface area (Å²) in [6, 6.07) is 21.8. The van der Waals surface area contributed by atoms with Gasteiger partial charge in [0.2, 0.25) is 0 Å². The Hall–Kier alpha value is -3.80. The summed E-state index contributed by atoms with van der Waals surface area (Å²) in [5.74, 6) is 1.52.